The summed E-state index contributed by atoms with van der Waals surface area (Å²) in [4.78, 5) is 21.9. The van der Waals surface area contributed by atoms with Gasteiger partial charge in [0.15, 0.2) is 0 Å². The average Bonchev–Trinajstić information content (AvgIpc) is 2.65. The number of hydrogen-bond donors (Lipinski definition) is 1. The fourth-order valence-electron chi connectivity index (χ4n) is 2.05. The van der Waals surface area contributed by atoms with E-state index in [1.54, 1.807) is 6.07 Å². The van der Waals surface area contributed by atoms with Gasteiger partial charge in [0.2, 0.25) is 5.91 Å². The summed E-state index contributed by atoms with van der Waals surface area (Å²) in [6.45, 7) is 3.94. The molecule has 1 aliphatic heterocycles. The molecule has 0 aliphatic carbocycles. The lowest BCUT2D eigenvalue weighted by Gasteiger charge is -2.11. The Labute approximate surface area is 99.0 Å². The molecule has 90 valence electrons. The van der Waals surface area contributed by atoms with Gasteiger partial charge >= 0.3 is 0 Å². The Hall–Kier alpha value is -1.91. The minimum Gasteiger partial charge on any atom is -0.326 e. The number of carbonyl (C=O) groups excluding carboxylic acids is 1. The van der Waals surface area contributed by atoms with Gasteiger partial charge in [-0.15, -0.1) is 0 Å². The van der Waals surface area contributed by atoms with Crippen LogP contribution >= 0.6 is 0 Å². The molecule has 5 nitrogen and oxygen atoms in total. The molecule has 1 unspecified atom stereocenters. The van der Waals surface area contributed by atoms with Gasteiger partial charge < -0.3 is 5.32 Å². The summed E-state index contributed by atoms with van der Waals surface area (Å²) >= 11 is 0. The molecule has 1 heterocycles. The van der Waals surface area contributed by atoms with E-state index >= 15 is 0 Å². The summed E-state index contributed by atoms with van der Waals surface area (Å²) in [5.74, 6) is 0.00815. The summed E-state index contributed by atoms with van der Waals surface area (Å²) in [5.41, 5.74) is 2.25. The first-order valence-electron chi connectivity index (χ1n) is 5.64. The number of rotatable bonds is 3. The van der Waals surface area contributed by atoms with Crippen molar-refractivity contribution in [3.8, 4) is 0 Å². The zero-order chi connectivity index (χ0) is 12.6. The summed E-state index contributed by atoms with van der Waals surface area (Å²) < 4.78 is 0. The number of hydrogen-bond acceptors (Lipinski definition) is 3. The Balaban J connectivity index is 2.55. The van der Waals surface area contributed by atoms with Crippen molar-refractivity contribution in [1.29, 1.82) is 0 Å². The highest BCUT2D eigenvalue weighted by atomic mass is 16.6. The predicted octanol–water partition coefficient (Wildman–Crippen LogP) is 2.60. The molecule has 1 aliphatic rings. The number of nitro groups is 1. The fraction of sp³-hybridized carbons (Fsp3) is 0.417. The Kier molecular flexibility index (Phi) is 2.83. The maximum atomic E-state index is 11.3. The fourth-order valence-corrected chi connectivity index (χ4v) is 2.05. The first-order valence-corrected chi connectivity index (χ1v) is 5.64. The lowest BCUT2D eigenvalue weighted by atomic mass is 9.94. The number of nitrogens with zero attached hydrogens (tertiary/aromatic N) is 1. The molecule has 1 aromatic carbocycles. The molecule has 5 heteroatoms. The second-order valence-corrected chi connectivity index (χ2v) is 4.36. The third kappa shape index (κ3) is 2.00. The molecular weight excluding hydrogens is 220 g/mol. The molecule has 1 amide bonds. The normalized spacial score (nSPS) is 15.3. The Morgan fingerprint density at radius 3 is 2.82 bits per heavy atom. The van der Waals surface area contributed by atoms with Crippen LogP contribution in [-0.2, 0) is 11.2 Å². The minimum absolute atomic E-state index is 0.101. The first kappa shape index (κ1) is 11.6. The number of nitro benzene ring substituents is 1. The minimum atomic E-state index is -0.370. The van der Waals surface area contributed by atoms with Crippen molar-refractivity contribution in [3.63, 3.8) is 0 Å². The third-order valence-corrected chi connectivity index (χ3v) is 3.22. The van der Waals surface area contributed by atoms with Crippen LogP contribution in [0.2, 0.25) is 0 Å². The summed E-state index contributed by atoms with van der Waals surface area (Å²) in [6.07, 6.45) is 1.06. The molecule has 0 fully saturated rings. The van der Waals surface area contributed by atoms with Crippen LogP contribution in [0.4, 0.5) is 11.4 Å². The van der Waals surface area contributed by atoms with Crippen molar-refractivity contribution in [2.75, 3.05) is 5.32 Å². The zero-order valence-electron chi connectivity index (χ0n) is 9.82. The maximum Gasteiger partial charge on any atom is 0.273 e. The van der Waals surface area contributed by atoms with Crippen LogP contribution in [0.5, 0.6) is 0 Å². The summed E-state index contributed by atoms with van der Waals surface area (Å²) in [5, 5.41) is 13.7. The van der Waals surface area contributed by atoms with Crippen LogP contribution in [0, 0.1) is 10.1 Å². The van der Waals surface area contributed by atoms with Gasteiger partial charge in [-0.3, -0.25) is 14.9 Å². The number of amides is 1. The average molecular weight is 234 g/mol. The van der Waals surface area contributed by atoms with Gasteiger partial charge in [0, 0.05) is 17.3 Å². The maximum absolute atomic E-state index is 11.3. The van der Waals surface area contributed by atoms with E-state index in [-0.39, 0.29) is 28.9 Å². The van der Waals surface area contributed by atoms with E-state index < -0.39 is 0 Å². The number of anilines is 1. The topological polar surface area (TPSA) is 72.2 Å². The lowest BCUT2D eigenvalue weighted by Crippen LogP contribution is -2.04. The molecule has 0 radical (unpaired) electrons. The van der Waals surface area contributed by atoms with Crippen LogP contribution in [0.1, 0.15) is 37.3 Å². The quantitative estimate of drug-likeness (QED) is 0.645. The first-order chi connectivity index (χ1) is 8.02. The van der Waals surface area contributed by atoms with E-state index in [1.165, 1.54) is 6.07 Å². The molecule has 17 heavy (non-hydrogen) atoms. The van der Waals surface area contributed by atoms with Crippen molar-refractivity contribution < 1.29 is 9.72 Å². The number of carbonyl (C=O) groups is 1. The Bertz CT molecular complexity index is 497. The van der Waals surface area contributed by atoms with Gasteiger partial charge in [-0.2, -0.15) is 0 Å². The zero-order valence-corrected chi connectivity index (χ0v) is 9.82. The second-order valence-electron chi connectivity index (χ2n) is 4.36. The van der Waals surface area contributed by atoms with E-state index in [2.05, 4.69) is 5.32 Å². The molecule has 0 spiro atoms. The van der Waals surface area contributed by atoms with E-state index in [9.17, 15) is 14.9 Å². The highest BCUT2D eigenvalue weighted by Crippen LogP contribution is 2.35. The molecule has 0 saturated carbocycles. The Morgan fingerprint density at radius 2 is 2.24 bits per heavy atom. The molecule has 0 saturated heterocycles. The molecule has 0 aromatic heterocycles. The van der Waals surface area contributed by atoms with Gasteiger partial charge in [-0.1, -0.05) is 13.8 Å². The highest BCUT2D eigenvalue weighted by Gasteiger charge is 2.26. The van der Waals surface area contributed by atoms with Crippen molar-refractivity contribution in [3.05, 3.63) is 33.4 Å². The SMILES string of the molecule is CCC(C)c1cc2c(cc1[N+](=O)[O-])CC(=O)N2. The van der Waals surface area contributed by atoms with Gasteiger partial charge in [-0.05, 0) is 24.0 Å². The largest absolute Gasteiger partial charge is 0.326 e. The van der Waals surface area contributed by atoms with E-state index in [1.807, 2.05) is 13.8 Å². The van der Waals surface area contributed by atoms with Crippen LogP contribution in [0.25, 0.3) is 0 Å². The monoisotopic (exact) mass is 234 g/mol. The van der Waals surface area contributed by atoms with Crippen molar-refractivity contribution in [2.45, 2.75) is 32.6 Å². The second kappa shape index (κ2) is 4.16. The summed E-state index contributed by atoms with van der Waals surface area (Å²) in [6, 6.07) is 3.27. The van der Waals surface area contributed by atoms with E-state index in [4.69, 9.17) is 0 Å². The predicted molar refractivity (Wildman–Crippen MR) is 64.1 cm³/mol. The smallest absolute Gasteiger partial charge is 0.273 e. The third-order valence-electron chi connectivity index (χ3n) is 3.22. The van der Waals surface area contributed by atoms with Gasteiger partial charge in [0.25, 0.3) is 5.69 Å². The van der Waals surface area contributed by atoms with E-state index in [0.717, 1.165) is 12.1 Å². The standard InChI is InChI=1S/C12H14N2O3/c1-3-7(2)9-6-10-8(5-12(15)13-10)4-11(9)14(16)17/h4,6-7H,3,5H2,1-2H3,(H,13,15). The molecule has 2 rings (SSSR count). The number of nitrogens with one attached hydrogen (secondary N) is 1. The molecule has 1 atom stereocenters. The van der Waals surface area contributed by atoms with Crippen LogP contribution in [0.15, 0.2) is 12.1 Å². The molecule has 0 bridgehead atoms. The lowest BCUT2D eigenvalue weighted by molar-refractivity contribution is -0.385. The van der Waals surface area contributed by atoms with Crippen LogP contribution in [0.3, 0.4) is 0 Å². The van der Waals surface area contributed by atoms with Crippen LogP contribution in [-0.4, -0.2) is 10.8 Å². The molecular formula is C12H14N2O3. The molecule has 1 aromatic rings. The van der Waals surface area contributed by atoms with Crippen LogP contribution < -0.4 is 5.32 Å². The highest BCUT2D eigenvalue weighted by molar-refractivity contribution is 5.99. The number of fused-ring (bicyclic) bond motifs is 1. The van der Waals surface area contributed by atoms with Crippen molar-refractivity contribution in [1.82, 2.24) is 0 Å². The van der Waals surface area contributed by atoms with E-state index in [0.29, 0.717) is 11.1 Å². The van der Waals surface area contributed by atoms with Crippen molar-refractivity contribution >= 4 is 17.3 Å². The Morgan fingerprint density at radius 1 is 1.53 bits per heavy atom. The van der Waals surface area contributed by atoms with Gasteiger partial charge in [0.1, 0.15) is 0 Å². The van der Waals surface area contributed by atoms with Crippen molar-refractivity contribution in [2.24, 2.45) is 0 Å². The van der Waals surface area contributed by atoms with Gasteiger partial charge in [-0.25, -0.2) is 0 Å². The van der Waals surface area contributed by atoms with Gasteiger partial charge in [0.05, 0.1) is 11.3 Å². The summed E-state index contributed by atoms with van der Waals surface area (Å²) in [7, 11) is 0. The number of benzene rings is 1. The molecule has 1 N–H and O–H groups in total.